The van der Waals surface area contributed by atoms with Gasteiger partial charge in [-0.05, 0) is 90.5 Å². The van der Waals surface area contributed by atoms with E-state index >= 15 is 0 Å². The minimum Gasteiger partial charge on any atom is -0.309 e. The van der Waals surface area contributed by atoms with E-state index in [-0.39, 0.29) is 0 Å². The molecule has 6 rings (SSSR count). The Bertz CT molecular complexity index is 1550. The Hall–Kier alpha value is -2.85. The molecule has 0 saturated carbocycles. The summed E-state index contributed by atoms with van der Waals surface area (Å²) in [5.74, 6) is 0. The molecule has 0 saturated heterocycles. The number of fused-ring (bicyclic) bond motifs is 3. The van der Waals surface area contributed by atoms with Gasteiger partial charge in [0.05, 0.1) is 16.1 Å². The van der Waals surface area contributed by atoms with Crippen molar-refractivity contribution in [2.24, 2.45) is 0 Å². The molecule has 6 aromatic rings. The van der Waals surface area contributed by atoms with Crippen LogP contribution in [0.25, 0.3) is 49.7 Å². The molecule has 0 atom stereocenters. The number of aromatic nitrogens is 1. The monoisotopic (exact) mass is 585 g/mol. The van der Waals surface area contributed by atoms with Gasteiger partial charge in [-0.15, -0.1) is 0 Å². The number of benzene rings is 5. The average Bonchev–Trinajstić information content (AvgIpc) is 3.21. The van der Waals surface area contributed by atoms with Crippen molar-refractivity contribution >= 4 is 65.3 Å². The van der Waals surface area contributed by atoms with Crippen molar-refractivity contribution in [1.29, 1.82) is 0 Å². The van der Waals surface area contributed by atoms with E-state index in [0.29, 0.717) is 5.02 Å². The summed E-state index contributed by atoms with van der Waals surface area (Å²) >= 11 is 13.7. The fraction of sp³-hybridized carbons (Fsp3) is 0. The summed E-state index contributed by atoms with van der Waals surface area (Å²) < 4.78 is 4.02. The highest BCUT2D eigenvalue weighted by Crippen LogP contribution is 2.39. The van der Waals surface area contributed by atoms with Gasteiger partial charge in [-0.3, -0.25) is 0 Å². The third-order valence-corrected chi connectivity index (χ3v) is 8.32. The summed E-state index contributed by atoms with van der Waals surface area (Å²) in [5, 5.41) is 3.11. The van der Waals surface area contributed by atoms with E-state index in [2.05, 4.69) is 146 Å². The van der Waals surface area contributed by atoms with Crippen LogP contribution in [-0.2, 0) is 0 Å². The molecule has 0 N–H and O–H groups in total. The summed E-state index contributed by atoms with van der Waals surface area (Å²) in [6, 6.07) is 38.6. The quantitative estimate of drug-likeness (QED) is 0.182. The van der Waals surface area contributed by atoms with Crippen LogP contribution < -0.4 is 0 Å². The summed E-state index contributed by atoms with van der Waals surface area (Å²) in [4.78, 5) is 0. The smallest absolute Gasteiger partial charge is 0.0691 e. The molecule has 34 heavy (non-hydrogen) atoms. The molecule has 0 aliphatic rings. The molecule has 0 bridgehead atoms. The number of nitrogens with zero attached hydrogens (tertiary/aromatic N) is 1. The van der Waals surface area contributed by atoms with E-state index < -0.39 is 0 Å². The van der Waals surface area contributed by atoms with E-state index in [1.807, 2.05) is 0 Å². The van der Waals surface area contributed by atoms with Crippen molar-refractivity contribution in [3.8, 4) is 27.9 Å². The van der Waals surface area contributed by atoms with Crippen LogP contribution in [0, 0.1) is 0 Å². The third-order valence-electron chi connectivity index (χ3n) is 6.21. The Morgan fingerprint density at radius 1 is 0.500 bits per heavy atom. The van der Waals surface area contributed by atoms with Crippen LogP contribution in [0.5, 0.6) is 0 Å². The normalized spacial score (nSPS) is 11.4. The van der Waals surface area contributed by atoms with Crippen LogP contribution >= 0.6 is 43.5 Å². The SMILES string of the molecule is Clc1c(Br)cc(-n2c3ccc(-c4ccccc4)cc3c3cc(-c4ccccc4)ccc32)cc1Br. The number of hydrogen-bond acceptors (Lipinski definition) is 0. The maximum absolute atomic E-state index is 6.42. The first-order valence-electron chi connectivity index (χ1n) is 10.9. The van der Waals surface area contributed by atoms with Crippen molar-refractivity contribution in [3.63, 3.8) is 0 Å². The van der Waals surface area contributed by atoms with Gasteiger partial charge in [0.1, 0.15) is 0 Å². The van der Waals surface area contributed by atoms with Crippen molar-refractivity contribution in [1.82, 2.24) is 4.57 Å². The fourth-order valence-electron chi connectivity index (χ4n) is 4.59. The number of hydrogen-bond donors (Lipinski definition) is 0. The zero-order valence-corrected chi connectivity index (χ0v) is 21.9. The maximum Gasteiger partial charge on any atom is 0.0691 e. The van der Waals surface area contributed by atoms with E-state index in [4.69, 9.17) is 11.6 Å². The van der Waals surface area contributed by atoms with Gasteiger partial charge in [-0.2, -0.15) is 0 Å². The highest BCUT2D eigenvalue weighted by Gasteiger charge is 2.16. The first-order chi connectivity index (χ1) is 16.6. The highest BCUT2D eigenvalue weighted by atomic mass is 79.9. The molecule has 1 aromatic heterocycles. The van der Waals surface area contributed by atoms with Crippen LogP contribution in [0.1, 0.15) is 0 Å². The number of halogens is 3. The van der Waals surface area contributed by atoms with E-state index in [1.165, 1.54) is 33.0 Å². The standard InChI is InChI=1S/C30H18Br2ClN/c31-26-17-23(18-27(32)30(26)33)34-28-13-11-21(19-7-3-1-4-8-19)15-24(28)25-16-22(12-14-29(25)34)20-9-5-2-6-10-20/h1-18H. The Kier molecular flexibility index (Phi) is 5.57. The molecule has 0 amide bonds. The molecule has 1 heterocycles. The molecule has 0 aliphatic carbocycles. The molecule has 0 unspecified atom stereocenters. The highest BCUT2D eigenvalue weighted by molar-refractivity contribution is 9.11. The summed E-state index contributed by atoms with van der Waals surface area (Å²) in [6.07, 6.45) is 0. The lowest BCUT2D eigenvalue weighted by Crippen LogP contribution is -1.94. The lowest BCUT2D eigenvalue weighted by Gasteiger charge is -2.11. The molecule has 0 fully saturated rings. The van der Waals surface area contributed by atoms with Crippen LogP contribution in [0.4, 0.5) is 0 Å². The Morgan fingerprint density at radius 2 is 0.941 bits per heavy atom. The first kappa shape index (κ1) is 21.7. The molecular formula is C30H18Br2ClN. The second-order valence-electron chi connectivity index (χ2n) is 8.25. The molecule has 4 heteroatoms. The summed E-state index contributed by atoms with van der Waals surface area (Å²) in [6.45, 7) is 0. The first-order valence-corrected chi connectivity index (χ1v) is 12.9. The lowest BCUT2D eigenvalue weighted by molar-refractivity contribution is 1.17. The van der Waals surface area contributed by atoms with Crippen LogP contribution in [0.15, 0.2) is 118 Å². The van der Waals surface area contributed by atoms with Gasteiger partial charge >= 0.3 is 0 Å². The largest absolute Gasteiger partial charge is 0.309 e. The second kappa shape index (κ2) is 8.74. The fourth-order valence-corrected chi connectivity index (χ4v) is 5.86. The molecular weight excluding hydrogens is 570 g/mol. The third kappa shape index (κ3) is 3.69. The van der Waals surface area contributed by atoms with Crippen molar-refractivity contribution in [2.45, 2.75) is 0 Å². The Morgan fingerprint density at radius 3 is 1.38 bits per heavy atom. The van der Waals surface area contributed by atoms with E-state index in [9.17, 15) is 0 Å². The lowest BCUT2D eigenvalue weighted by atomic mass is 10.0. The minimum atomic E-state index is 0.669. The van der Waals surface area contributed by atoms with Gasteiger partial charge in [0.2, 0.25) is 0 Å². The van der Waals surface area contributed by atoms with Crippen molar-refractivity contribution in [2.75, 3.05) is 0 Å². The molecule has 0 radical (unpaired) electrons. The van der Waals surface area contributed by atoms with Crippen molar-refractivity contribution in [3.05, 3.63) is 123 Å². The molecule has 0 spiro atoms. The summed E-state index contributed by atoms with van der Waals surface area (Å²) in [5.41, 5.74) is 8.18. The zero-order chi connectivity index (χ0) is 23.2. The van der Waals surface area contributed by atoms with Crippen LogP contribution in [0.3, 0.4) is 0 Å². The van der Waals surface area contributed by atoms with E-state index in [0.717, 1.165) is 25.7 Å². The van der Waals surface area contributed by atoms with Crippen LogP contribution in [0.2, 0.25) is 5.02 Å². The molecule has 5 aromatic carbocycles. The predicted octanol–water partition coefficient (Wildman–Crippen LogP) is 10.3. The van der Waals surface area contributed by atoms with Gasteiger partial charge in [0, 0.05) is 25.4 Å². The maximum atomic E-state index is 6.42. The minimum absolute atomic E-state index is 0.669. The predicted molar refractivity (Wildman–Crippen MR) is 152 cm³/mol. The van der Waals surface area contributed by atoms with Gasteiger partial charge in [-0.1, -0.05) is 84.4 Å². The van der Waals surface area contributed by atoms with Gasteiger partial charge in [0.15, 0.2) is 0 Å². The van der Waals surface area contributed by atoms with Crippen molar-refractivity contribution < 1.29 is 0 Å². The van der Waals surface area contributed by atoms with Gasteiger partial charge in [0.25, 0.3) is 0 Å². The van der Waals surface area contributed by atoms with Crippen LogP contribution in [-0.4, -0.2) is 4.57 Å². The average molecular weight is 588 g/mol. The number of rotatable bonds is 3. The molecule has 164 valence electrons. The Balaban J connectivity index is 1.68. The topological polar surface area (TPSA) is 4.93 Å². The van der Waals surface area contributed by atoms with E-state index in [1.54, 1.807) is 0 Å². The van der Waals surface area contributed by atoms with Gasteiger partial charge < -0.3 is 4.57 Å². The molecule has 0 aliphatic heterocycles. The van der Waals surface area contributed by atoms with Gasteiger partial charge in [-0.25, -0.2) is 0 Å². The second-order valence-corrected chi connectivity index (χ2v) is 10.3. The zero-order valence-electron chi connectivity index (χ0n) is 18.0. The Labute approximate surface area is 219 Å². The molecule has 1 nitrogen and oxygen atoms in total. The summed E-state index contributed by atoms with van der Waals surface area (Å²) in [7, 11) is 0.